The molecule has 0 radical (unpaired) electrons. The quantitative estimate of drug-likeness (QED) is 0.536. The third-order valence-electron chi connectivity index (χ3n) is 4.94. The van der Waals surface area contributed by atoms with Gasteiger partial charge in [0.05, 0.1) is 25.7 Å². The van der Waals surface area contributed by atoms with E-state index < -0.39 is 0 Å². The molecule has 0 saturated carbocycles. The Morgan fingerprint density at radius 3 is 2.07 bits per heavy atom. The minimum atomic E-state index is 0.931. The van der Waals surface area contributed by atoms with Crippen molar-refractivity contribution in [3.05, 3.63) is 0 Å². The van der Waals surface area contributed by atoms with Crippen molar-refractivity contribution in [2.75, 3.05) is 19.6 Å². The van der Waals surface area contributed by atoms with Crippen LogP contribution in [0, 0.1) is 5.92 Å². The number of rotatable bonds is 0. The Balaban J connectivity index is 2.05. The van der Waals surface area contributed by atoms with Crippen LogP contribution in [0.15, 0.2) is 0 Å². The van der Waals surface area contributed by atoms with Crippen molar-refractivity contribution >= 4 is 0 Å². The third kappa shape index (κ3) is 2.55. The van der Waals surface area contributed by atoms with E-state index in [0.717, 1.165) is 12.0 Å². The molecular weight excluding hydrogens is 182 g/mol. The topological polar surface area (TPSA) is 0 Å². The molecule has 0 N–H and O–H groups in total. The van der Waals surface area contributed by atoms with Crippen molar-refractivity contribution < 1.29 is 4.48 Å². The van der Waals surface area contributed by atoms with Crippen molar-refractivity contribution in [3.8, 4) is 0 Å². The Kier molecular flexibility index (Phi) is 3.71. The maximum atomic E-state index is 2.52. The van der Waals surface area contributed by atoms with Gasteiger partial charge in [0.1, 0.15) is 0 Å². The van der Waals surface area contributed by atoms with E-state index in [1.807, 2.05) is 0 Å². The normalized spacial score (nSPS) is 37.2. The van der Waals surface area contributed by atoms with E-state index in [2.05, 4.69) is 13.8 Å². The first kappa shape index (κ1) is 11.4. The van der Waals surface area contributed by atoms with Gasteiger partial charge in [-0.15, -0.1) is 0 Å². The standard InChI is InChI=1S/C14H28N/c1-13-8-4-7-11-15(14(2)12-13)9-5-3-6-10-15/h13-14H,3-12H2,1-2H3/q+1. The van der Waals surface area contributed by atoms with Crippen molar-refractivity contribution in [1.82, 2.24) is 0 Å². The first-order valence-corrected chi connectivity index (χ1v) is 7.09. The highest BCUT2D eigenvalue weighted by molar-refractivity contribution is 4.68. The maximum Gasteiger partial charge on any atom is 0.0864 e. The van der Waals surface area contributed by atoms with E-state index in [1.54, 1.807) is 0 Å². The largest absolute Gasteiger partial charge is 0.321 e. The molecule has 1 heteroatoms. The number of piperidine rings is 1. The fourth-order valence-corrected chi connectivity index (χ4v) is 3.87. The Morgan fingerprint density at radius 1 is 0.800 bits per heavy atom. The summed E-state index contributed by atoms with van der Waals surface area (Å²) in [7, 11) is 0. The first-order chi connectivity index (χ1) is 7.23. The van der Waals surface area contributed by atoms with Gasteiger partial charge in [-0.1, -0.05) is 13.3 Å². The van der Waals surface area contributed by atoms with Gasteiger partial charge in [0.2, 0.25) is 0 Å². The van der Waals surface area contributed by atoms with Crippen molar-refractivity contribution in [3.63, 3.8) is 0 Å². The van der Waals surface area contributed by atoms with Crippen LogP contribution in [-0.2, 0) is 0 Å². The average Bonchev–Trinajstić information content (AvgIpc) is 2.24. The van der Waals surface area contributed by atoms with Crippen LogP contribution in [0.25, 0.3) is 0 Å². The molecule has 2 aliphatic rings. The molecule has 0 aromatic heterocycles. The van der Waals surface area contributed by atoms with Gasteiger partial charge in [-0.3, -0.25) is 0 Å². The molecule has 2 rings (SSSR count). The van der Waals surface area contributed by atoms with Crippen LogP contribution >= 0.6 is 0 Å². The number of quaternary nitrogens is 1. The summed E-state index contributed by atoms with van der Waals surface area (Å²) in [6.07, 6.45) is 10.4. The molecule has 0 amide bonds. The van der Waals surface area contributed by atoms with Gasteiger partial charge >= 0.3 is 0 Å². The number of hydrogen-bond acceptors (Lipinski definition) is 0. The smallest absolute Gasteiger partial charge is 0.0864 e. The van der Waals surface area contributed by atoms with Crippen LogP contribution in [0.3, 0.4) is 0 Å². The van der Waals surface area contributed by atoms with E-state index in [4.69, 9.17) is 0 Å². The zero-order chi connectivity index (χ0) is 10.7. The molecule has 0 bridgehead atoms. The average molecular weight is 210 g/mol. The van der Waals surface area contributed by atoms with Crippen LogP contribution in [0.1, 0.15) is 58.8 Å². The molecule has 0 aliphatic carbocycles. The summed E-state index contributed by atoms with van der Waals surface area (Å²) in [4.78, 5) is 0. The predicted octanol–water partition coefficient (Wildman–Crippen LogP) is 3.59. The highest BCUT2D eigenvalue weighted by Crippen LogP contribution is 2.31. The van der Waals surface area contributed by atoms with Gasteiger partial charge in [0.15, 0.2) is 0 Å². The van der Waals surface area contributed by atoms with Crippen LogP contribution in [-0.4, -0.2) is 30.2 Å². The summed E-state index contributed by atoms with van der Waals surface area (Å²) in [5, 5.41) is 0. The molecule has 2 aliphatic heterocycles. The molecular formula is C14H28N+. The molecule has 2 saturated heterocycles. The summed E-state index contributed by atoms with van der Waals surface area (Å²) >= 11 is 0. The molecule has 2 heterocycles. The Hall–Kier alpha value is -0.0400. The van der Waals surface area contributed by atoms with E-state index in [0.29, 0.717) is 0 Å². The van der Waals surface area contributed by atoms with Gasteiger partial charge in [-0.05, 0) is 44.9 Å². The molecule has 15 heavy (non-hydrogen) atoms. The Labute approximate surface area is 95.4 Å². The van der Waals surface area contributed by atoms with Crippen LogP contribution in [0.5, 0.6) is 0 Å². The van der Waals surface area contributed by atoms with Gasteiger partial charge < -0.3 is 4.48 Å². The lowest BCUT2D eigenvalue weighted by atomic mass is 9.90. The van der Waals surface area contributed by atoms with Crippen LogP contribution < -0.4 is 0 Å². The zero-order valence-electron chi connectivity index (χ0n) is 10.7. The second-order valence-electron chi connectivity index (χ2n) is 6.14. The third-order valence-corrected chi connectivity index (χ3v) is 4.94. The Morgan fingerprint density at radius 2 is 1.40 bits per heavy atom. The van der Waals surface area contributed by atoms with E-state index >= 15 is 0 Å². The minimum absolute atomic E-state index is 0.931. The highest BCUT2D eigenvalue weighted by atomic mass is 15.4. The first-order valence-electron chi connectivity index (χ1n) is 7.09. The maximum absolute atomic E-state index is 2.52. The molecule has 0 aromatic rings. The van der Waals surface area contributed by atoms with Gasteiger partial charge in [-0.25, -0.2) is 0 Å². The summed E-state index contributed by atoms with van der Waals surface area (Å²) in [5.74, 6) is 0.970. The number of nitrogens with zero attached hydrogens (tertiary/aromatic N) is 1. The monoisotopic (exact) mass is 210 g/mol. The van der Waals surface area contributed by atoms with Gasteiger partial charge in [0, 0.05) is 6.42 Å². The summed E-state index contributed by atoms with van der Waals surface area (Å²) in [6, 6.07) is 0.931. The van der Waals surface area contributed by atoms with Crippen LogP contribution in [0.2, 0.25) is 0 Å². The molecule has 88 valence electrons. The van der Waals surface area contributed by atoms with E-state index in [9.17, 15) is 0 Å². The van der Waals surface area contributed by atoms with Crippen molar-refractivity contribution in [2.45, 2.75) is 64.8 Å². The molecule has 0 aromatic carbocycles. The fraction of sp³-hybridized carbons (Fsp3) is 1.00. The Bertz CT molecular complexity index is 194. The highest BCUT2D eigenvalue weighted by Gasteiger charge is 2.36. The molecule has 1 nitrogen and oxygen atoms in total. The summed E-state index contributed by atoms with van der Waals surface area (Å²) in [5.41, 5.74) is 0. The van der Waals surface area contributed by atoms with E-state index in [-0.39, 0.29) is 0 Å². The van der Waals surface area contributed by atoms with Gasteiger partial charge in [-0.2, -0.15) is 0 Å². The van der Waals surface area contributed by atoms with Gasteiger partial charge in [0.25, 0.3) is 0 Å². The van der Waals surface area contributed by atoms with Crippen LogP contribution in [0.4, 0.5) is 0 Å². The lowest BCUT2D eigenvalue weighted by Crippen LogP contribution is -2.58. The molecule has 1 spiro atoms. The summed E-state index contributed by atoms with van der Waals surface area (Å²) < 4.78 is 1.48. The molecule has 2 unspecified atom stereocenters. The molecule has 2 fully saturated rings. The second-order valence-corrected chi connectivity index (χ2v) is 6.14. The lowest BCUT2D eigenvalue weighted by Gasteiger charge is -2.48. The van der Waals surface area contributed by atoms with Crippen molar-refractivity contribution in [2.24, 2.45) is 5.92 Å². The fourth-order valence-electron chi connectivity index (χ4n) is 3.87. The SMILES string of the molecule is CC1CCCC[N+]2(CCCCC2)C(C)C1. The molecule has 2 atom stereocenters. The predicted molar refractivity (Wildman–Crippen MR) is 65.8 cm³/mol. The lowest BCUT2D eigenvalue weighted by molar-refractivity contribution is -0.955. The van der Waals surface area contributed by atoms with Crippen molar-refractivity contribution in [1.29, 1.82) is 0 Å². The number of hydrogen-bond donors (Lipinski definition) is 0. The van der Waals surface area contributed by atoms with E-state index in [1.165, 1.54) is 69.1 Å². The summed E-state index contributed by atoms with van der Waals surface area (Å²) in [6.45, 7) is 9.42. The zero-order valence-corrected chi connectivity index (χ0v) is 10.7. The minimum Gasteiger partial charge on any atom is -0.321 e. The second kappa shape index (κ2) is 4.86.